The van der Waals surface area contributed by atoms with Crippen molar-refractivity contribution in [3.63, 3.8) is 0 Å². The summed E-state index contributed by atoms with van der Waals surface area (Å²) in [5.41, 5.74) is 1.23. The normalized spacial score (nSPS) is 12.5. The number of rotatable bonds is 6. The largest absolute Gasteiger partial charge is 0.355 e. The highest BCUT2D eigenvalue weighted by Crippen LogP contribution is 2.17. The molecular formula is C15H30IN5S. The van der Waals surface area contributed by atoms with Crippen molar-refractivity contribution < 1.29 is 0 Å². The van der Waals surface area contributed by atoms with Crippen LogP contribution in [0.3, 0.4) is 0 Å². The Kier molecular flexibility index (Phi) is 9.49. The summed E-state index contributed by atoms with van der Waals surface area (Å²) in [5.74, 6) is 1.29. The Labute approximate surface area is 156 Å². The van der Waals surface area contributed by atoms with E-state index in [0.717, 1.165) is 23.2 Å². The molecule has 0 aliphatic heterocycles. The lowest BCUT2D eigenvalue weighted by Gasteiger charge is -2.33. The van der Waals surface area contributed by atoms with Crippen LogP contribution in [0.5, 0.6) is 0 Å². The van der Waals surface area contributed by atoms with Gasteiger partial charge in [0.05, 0.1) is 12.2 Å². The quantitative estimate of drug-likeness (QED) is 0.407. The molecule has 0 aliphatic rings. The Balaban J connectivity index is 0.00000441. The van der Waals surface area contributed by atoms with Gasteiger partial charge in [-0.3, -0.25) is 4.99 Å². The highest BCUT2D eigenvalue weighted by Gasteiger charge is 2.20. The monoisotopic (exact) mass is 439 g/mol. The zero-order valence-electron chi connectivity index (χ0n) is 14.7. The molecular weight excluding hydrogens is 409 g/mol. The van der Waals surface area contributed by atoms with E-state index in [9.17, 15) is 0 Å². The van der Waals surface area contributed by atoms with E-state index >= 15 is 0 Å². The van der Waals surface area contributed by atoms with Gasteiger partial charge >= 0.3 is 0 Å². The fourth-order valence-electron chi connectivity index (χ4n) is 1.51. The second kappa shape index (κ2) is 9.67. The zero-order valence-corrected chi connectivity index (χ0v) is 17.9. The number of aromatic nitrogens is 1. The van der Waals surface area contributed by atoms with Gasteiger partial charge in [0.2, 0.25) is 0 Å². The number of nitrogens with zero attached hydrogens (tertiary/aromatic N) is 3. The van der Waals surface area contributed by atoms with E-state index in [-0.39, 0.29) is 29.5 Å². The van der Waals surface area contributed by atoms with Crippen LogP contribution in [0.4, 0.5) is 0 Å². The van der Waals surface area contributed by atoms with Crippen molar-refractivity contribution in [2.75, 3.05) is 27.7 Å². The minimum Gasteiger partial charge on any atom is -0.355 e. The van der Waals surface area contributed by atoms with Gasteiger partial charge < -0.3 is 15.5 Å². The predicted molar refractivity (Wildman–Crippen MR) is 108 cm³/mol. The van der Waals surface area contributed by atoms with Crippen LogP contribution in [0.2, 0.25) is 0 Å². The number of hydrogen-bond donors (Lipinski definition) is 2. The third kappa shape index (κ3) is 6.78. The van der Waals surface area contributed by atoms with Crippen LogP contribution in [0.1, 0.15) is 44.3 Å². The second-order valence-electron chi connectivity index (χ2n) is 6.31. The first-order valence-electron chi connectivity index (χ1n) is 7.32. The molecule has 0 aromatic carbocycles. The Morgan fingerprint density at radius 1 is 1.36 bits per heavy atom. The molecule has 128 valence electrons. The van der Waals surface area contributed by atoms with E-state index in [4.69, 9.17) is 0 Å². The number of nitrogens with one attached hydrogen (secondary N) is 2. The SMILES string of the molecule is CN=C(NCc1nc(C(C)C)cs1)NCC(C)(C)N(C)C.I. The highest BCUT2D eigenvalue weighted by atomic mass is 127. The number of halogens is 1. The Morgan fingerprint density at radius 3 is 2.45 bits per heavy atom. The number of thiazole rings is 1. The summed E-state index contributed by atoms with van der Waals surface area (Å²) in [4.78, 5) is 11.1. The van der Waals surface area contributed by atoms with Crippen molar-refractivity contribution in [1.82, 2.24) is 20.5 Å². The predicted octanol–water partition coefficient (Wildman–Crippen LogP) is 2.89. The smallest absolute Gasteiger partial charge is 0.191 e. The minimum atomic E-state index is 0. The first-order chi connectivity index (χ1) is 9.76. The molecule has 0 amide bonds. The van der Waals surface area contributed by atoms with E-state index in [2.05, 4.69) is 72.7 Å². The Morgan fingerprint density at radius 2 is 2.00 bits per heavy atom. The molecule has 0 fully saturated rings. The maximum absolute atomic E-state index is 4.62. The highest BCUT2D eigenvalue weighted by molar-refractivity contribution is 14.0. The number of aliphatic imine (C=N–C) groups is 1. The van der Waals surface area contributed by atoms with E-state index in [1.807, 2.05) is 0 Å². The van der Waals surface area contributed by atoms with Crippen LogP contribution < -0.4 is 10.6 Å². The summed E-state index contributed by atoms with van der Waals surface area (Å²) in [7, 11) is 5.96. The Bertz CT molecular complexity index is 468. The molecule has 2 N–H and O–H groups in total. The fraction of sp³-hybridized carbons (Fsp3) is 0.733. The van der Waals surface area contributed by atoms with Gasteiger partial charge in [0, 0.05) is 24.5 Å². The fourth-order valence-corrected chi connectivity index (χ4v) is 2.40. The average molecular weight is 439 g/mol. The topological polar surface area (TPSA) is 52.6 Å². The molecule has 5 nitrogen and oxygen atoms in total. The molecule has 0 saturated heterocycles. The number of hydrogen-bond acceptors (Lipinski definition) is 4. The molecule has 7 heteroatoms. The molecule has 0 aliphatic carbocycles. The van der Waals surface area contributed by atoms with Gasteiger partial charge in [-0.05, 0) is 33.9 Å². The molecule has 0 radical (unpaired) electrons. The summed E-state index contributed by atoms with van der Waals surface area (Å²) < 4.78 is 0. The van der Waals surface area contributed by atoms with Crippen molar-refractivity contribution in [2.45, 2.75) is 45.7 Å². The molecule has 1 aromatic rings. The molecule has 1 rings (SSSR count). The lowest BCUT2D eigenvalue weighted by molar-refractivity contribution is 0.197. The zero-order chi connectivity index (χ0) is 16.0. The summed E-state index contributed by atoms with van der Waals surface area (Å²) in [6.45, 7) is 10.3. The van der Waals surface area contributed by atoms with Crippen molar-refractivity contribution in [2.24, 2.45) is 4.99 Å². The van der Waals surface area contributed by atoms with Crippen LogP contribution in [0.25, 0.3) is 0 Å². The number of guanidine groups is 1. The molecule has 0 saturated carbocycles. The molecule has 0 spiro atoms. The molecule has 0 bridgehead atoms. The molecule has 0 unspecified atom stereocenters. The van der Waals surface area contributed by atoms with E-state index in [1.54, 1.807) is 18.4 Å². The number of likely N-dealkylation sites (N-methyl/N-ethyl adjacent to an activating group) is 1. The first kappa shape index (κ1) is 21.6. The molecule has 1 aromatic heterocycles. The van der Waals surface area contributed by atoms with E-state index < -0.39 is 0 Å². The maximum atomic E-state index is 4.62. The van der Waals surface area contributed by atoms with Gasteiger partial charge in [0.1, 0.15) is 5.01 Å². The third-order valence-electron chi connectivity index (χ3n) is 3.69. The van der Waals surface area contributed by atoms with Crippen LogP contribution in [0, 0.1) is 0 Å². The van der Waals surface area contributed by atoms with Crippen LogP contribution in [-0.4, -0.2) is 49.1 Å². The molecule has 1 heterocycles. The second-order valence-corrected chi connectivity index (χ2v) is 7.25. The Hall–Kier alpha value is -0.410. The van der Waals surface area contributed by atoms with Gasteiger partial charge in [-0.1, -0.05) is 13.8 Å². The summed E-state index contributed by atoms with van der Waals surface area (Å²) in [5, 5.41) is 9.91. The lowest BCUT2D eigenvalue weighted by atomic mass is 10.0. The van der Waals surface area contributed by atoms with E-state index in [0.29, 0.717) is 12.5 Å². The standard InChI is InChI=1S/C15H29N5S.HI/c1-11(2)12-9-21-13(19-12)8-17-14(16-5)18-10-15(3,4)20(6)7;/h9,11H,8,10H2,1-7H3,(H2,16,17,18);1H. The van der Waals surface area contributed by atoms with Crippen LogP contribution in [0.15, 0.2) is 10.4 Å². The minimum absolute atomic E-state index is 0. The molecule has 0 atom stereocenters. The summed E-state index contributed by atoms with van der Waals surface area (Å²) in [6.07, 6.45) is 0. The molecule has 22 heavy (non-hydrogen) atoms. The van der Waals surface area contributed by atoms with Gasteiger partial charge in [-0.2, -0.15) is 0 Å². The van der Waals surface area contributed by atoms with Crippen molar-refractivity contribution in [3.8, 4) is 0 Å². The summed E-state index contributed by atoms with van der Waals surface area (Å²) in [6, 6.07) is 0. The first-order valence-corrected chi connectivity index (χ1v) is 8.20. The maximum Gasteiger partial charge on any atom is 0.191 e. The van der Waals surface area contributed by atoms with Gasteiger partial charge in [0.15, 0.2) is 5.96 Å². The van der Waals surface area contributed by atoms with Gasteiger partial charge in [-0.15, -0.1) is 35.3 Å². The summed E-state index contributed by atoms with van der Waals surface area (Å²) >= 11 is 1.69. The average Bonchev–Trinajstić information content (AvgIpc) is 2.87. The van der Waals surface area contributed by atoms with Crippen molar-refractivity contribution in [3.05, 3.63) is 16.1 Å². The van der Waals surface area contributed by atoms with Crippen LogP contribution in [-0.2, 0) is 6.54 Å². The third-order valence-corrected chi connectivity index (χ3v) is 4.56. The lowest BCUT2D eigenvalue weighted by Crippen LogP contribution is -2.50. The van der Waals surface area contributed by atoms with Crippen molar-refractivity contribution in [1.29, 1.82) is 0 Å². The van der Waals surface area contributed by atoms with Gasteiger partial charge in [0.25, 0.3) is 0 Å². The van der Waals surface area contributed by atoms with Crippen molar-refractivity contribution >= 4 is 41.3 Å². The van der Waals surface area contributed by atoms with Crippen LogP contribution >= 0.6 is 35.3 Å². The van der Waals surface area contributed by atoms with Gasteiger partial charge in [-0.25, -0.2) is 4.98 Å². The van der Waals surface area contributed by atoms with E-state index in [1.165, 1.54) is 0 Å².